The lowest BCUT2D eigenvalue weighted by molar-refractivity contribution is 0.197. The molecule has 1 aromatic rings. The van der Waals surface area contributed by atoms with Crippen molar-refractivity contribution >= 4 is 21.6 Å². The molecule has 1 aromatic carbocycles. The summed E-state index contributed by atoms with van der Waals surface area (Å²) in [4.78, 5) is 4.87. The minimum Gasteiger partial charge on any atom is -0.369 e. The molecule has 1 saturated heterocycles. The van der Waals surface area contributed by atoms with Gasteiger partial charge >= 0.3 is 0 Å². The fraction of sp³-hybridized carbons (Fsp3) is 0.600. The van der Waals surface area contributed by atoms with Crippen molar-refractivity contribution in [2.45, 2.75) is 19.9 Å². The number of rotatable bonds is 2. The van der Waals surface area contributed by atoms with Gasteiger partial charge in [0.1, 0.15) is 0 Å². The minimum atomic E-state index is 0.270. The zero-order valence-corrected chi connectivity index (χ0v) is 13.7. The third-order valence-electron chi connectivity index (χ3n) is 3.81. The van der Waals surface area contributed by atoms with E-state index in [9.17, 15) is 0 Å². The fourth-order valence-corrected chi connectivity index (χ4v) is 3.20. The van der Waals surface area contributed by atoms with Gasteiger partial charge in [0.2, 0.25) is 0 Å². The lowest BCUT2D eigenvalue weighted by Crippen LogP contribution is -2.44. The number of anilines is 1. The summed E-state index contributed by atoms with van der Waals surface area (Å²) in [5.74, 6) is 0. The summed E-state index contributed by atoms with van der Waals surface area (Å²) < 4.78 is 1.12. The van der Waals surface area contributed by atoms with Crippen LogP contribution in [0.3, 0.4) is 0 Å². The van der Waals surface area contributed by atoms with Crippen molar-refractivity contribution in [1.29, 1.82) is 0 Å². The van der Waals surface area contributed by atoms with E-state index < -0.39 is 0 Å². The van der Waals surface area contributed by atoms with E-state index in [1.807, 2.05) is 0 Å². The predicted octanol–water partition coefficient (Wildman–Crippen LogP) is 2.55. The van der Waals surface area contributed by atoms with Gasteiger partial charge in [-0.2, -0.15) is 0 Å². The van der Waals surface area contributed by atoms with E-state index in [4.69, 9.17) is 5.73 Å². The highest BCUT2D eigenvalue weighted by atomic mass is 79.9. The molecule has 3 nitrogen and oxygen atoms in total. The first-order chi connectivity index (χ1) is 8.91. The van der Waals surface area contributed by atoms with Crippen LogP contribution in [-0.2, 0) is 0 Å². The monoisotopic (exact) mass is 325 g/mol. The van der Waals surface area contributed by atoms with Gasteiger partial charge in [-0.05, 0) is 36.7 Å². The van der Waals surface area contributed by atoms with E-state index in [1.165, 1.54) is 5.69 Å². The van der Waals surface area contributed by atoms with Crippen molar-refractivity contribution in [3.63, 3.8) is 0 Å². The molecule has 0 aliphatic carbocycles. The summed E-state index contributed by atoms with van der Waals surface area (Å²) in [6.45, 7) is 8.51. The van der Waals surface area contributed by atoms with Crippen LogP contribution in [0.25, 0.3) is 0 Å². The standard InChI is InChI=1S/C15H24BrN3/c1-15(2)10-18(3)14(8-17)9-19(11-15)13-6-4-12(16)5-7-13/h4-7,14H,8-11,17H2,1-3H3. The second-order valence-electron chi connectivity index (χ2n) is 6.33. The van der Waals surface area contributed by atoms with Gasteiger partial charge in [-0.25, -0.2) is 0 Å². The van der Waals surface area contributed by atoms with E-state index in [2.05, 4.69) is 70.9 Å². The Hall–Kier alpha value is -0.580. The van der Waals surface area contributed by atoms with Crippen molar-refractivity contribution in [2.75, 3.05) is 38.1 Å². The van der Waals surface area contributed by atoms with Crippen LogP contribution in [0.4, 0.5) is 5.69 Å². The number of likely N-dealkylation sites (N-methyl/N-ethyl adjacent to an activating group) is 1. The molecule has 0 bridgehead atoms. The maximum absolute atomic E-state index is 5.94. The van der Waals surface area contributed by atoms with Crippen LogP contribution in [0.5, 0.6) is 0 Å². The molecule has 106 valence electrons. The van der Waals surface area contributed by atoms with E-state index in [0.29, 0.717) is 12.6 Å². The number of benzene rings is 1. The van der Waals surface area contributed by atoms with Crippen LogP contribution in [0, 0.1) is 5.41 Å². The van der Waals surface area contributed by atoms with E-state index in [-0.39, 0.29) is 5.41 Å². The topological polar surface area (TPSA) is 32.5 Å². The molecule has 1 atom stereocenters. The van der Waals surface area contributed by atoms with Crippen LogP contribution in [0.15, 0.2) is 28.7 Å². The van der Waals surface area contributed by atoms with Crippen molar-refractivity contribution < 1.29 is 0 Å². The second-order valence-corrected chi connectivity index (χ2v) is 7.24. The van der Waals surface area contributed by atoms with Crippen molar-refractivity contribution in [3.05, 3.63) is 28.7 Å². The average molecular weight is 326 g/mol. The van der Waals surface area contributed by atoms with Gasteiger partial charge in [-0.1, -0.05) is 29.8 Å². The zero-order valence-electron chi connectivity index (χ0n) is 12.1. The molecule has 2 rings (SSSR count). The molecule has 4 heteroatoms. The van der Waals surface area contributed by atoms with Crippen molar-refractivity contribution in [2.24, 2.45) is 11.1 Å². The third-order valence-corrected chi connectivity index (χ3v) is 4.34. The molecule has 2 N–H and O–H groups in total. The summed E-state index contributed by atoms with van der Waals surface area (Å²) in [6.07, 6.45) is 0. The number of hydrogen-bond donors (Lipinski definition) is 1. The molecular weight excluding hydrogens is 302 g/mol. The third kappa shape index (κ3) is 3.71. The average Bonchev–Trinajstić information content (AvgIpc) is 2.45. The van der Waals surface area contributed by atoms with Crippen molar-refractivity contribution in [1.82, 2.24) is 4.90 Å². The molecule has 1 aliphatic rings. The summed E-state index contributed by atoms with van der Waals surface area (Å²) in [5.41, 5.74) is 7.49. The summed E-state index contributed by atoms with van der Waals surface area (Å²) in [7, 11) is 2.18. The Bertz CT molecular complexity index is 416. The number of halogens is 1. The molecule has 0 aromatic heterocycles. The summed E-state index contributed by atoms with van der Waals surface area (Å²) in [5, 5.41) is 0. The Kier molecular flexibility index (Phi) is 4.54. The molecule has 0 saturated carbocycles. The van der Waals surface area contributed by atoms with Gasteiger partial charge < -0.3 is 10.6 Å². The van der Waals surface area contributed by atoms with Crippen LogP contribution in [-0.4, -0.2) is 44.2 Å². The maximum Gasteiger partial charge on any atom is 0.0390 e. The number of nitrogens with two attached hydrogens (primary N) is 1. The molecule has 1 unspecified atom stereocenters. The first kappa shape index (κ1) is 14.8. The molecule has 1 aliphatic heterocycles. The molecule has 1 heterocycles. The smallest absolute Gasteiger partial charge is 0.0390 e. The Morgan fingerprint density at radius 2 is 1.89 bits per heavy atom. The predicted molar refractivity (Wildman–Crippen MR) is 85.6 cm³/mol. The lowest BCUT2D eigenvalue weighted by Gasteiger charge is -2.31. The first-order valence-corrected chi connectivity index (χ1v) is 7.61. The summed E-state index contributed by atoms with van der Waals surface area (Å²) >= 11 is 3.50. The normalized spacial score (nSPS) is 24.3. The quantitative estimate of drug-likeness (QED) is 0.907. The summed E-state index contributed by atoms with van der Waals surface area (Å²) in [6, 6.07) is 8.99. The molecule has 1 fully saturated rings. The highest BCUT2D eigenvalue weighted by Crippen LogP contribution is 2.28. The van der Waals surface area contributed by atoms with E-state index in [1.54, 1.807) is 0 Å². The molecule has 0 amide bonds. The van der Waals surface area contributed by atoms with Gasteiger partial charge in [0.05, 0.1) is 0 Å². The molecule has 0 radical (unpaired) electrons. The maximum atomic E-state index is 5.94. The number of hydrogen-bond acceptors (Lipinski definition) is 3. The van der Waals surface area contributed by atoms with Gasteiger partial charge in [0.15, 0.2) is 0 Å². The molecule has 0 spiro atoms. The van der Waals surface area contributed by atoms with Crippen LogP contribution in [0.1, 0.15) is 13.8 Å². The fourth-order valence-electron chi connectivity index (χ4n) is 2.93. The van der Waals surface area contributed by atoms with Gasteiger partial charge in [-0.15, -0.1) is 0 Å². The van der Waals surface area contributed by atoms with Crippen molar-refractivity contribution in [3.8, 4) is 0 Å². The van der Waals surface area contributed by atoms with Crippen LogP contribution < -0.4 is 10.6 Å². The number of nitrogens with zero attached hydrogens (tertiary/aromatic N) is 2. The Morgan fingerprint density at radius 1 is 1.26 bits per heavy atom. The Morgan fingerprint density at radius 3 is 2.47 bits per heavy atom. The molecular formula is C15H24BrN3. The zero-order chi connectivity index (χ0) is 14.0. The SMILES string of the molecule is CN1CC(C)(C)CN(c2ccc(Br)cc2)CC1CN. The largest absolute Gasteiger partial charge is 0.369 e. The Labute approximate surface area is 124 Å². The van der Waals surface area contributed by atoms with Gasteiger partial charge in [-0.3, -0.25) is 4.90 Å². The van der Waals surface area contributed by atoms with Crippen LogP contribution in [0.2, 0.25) is 0 Å². The molecule has 19 heavy (non-hydrogen) atoms. The van der Waals surface area contributed by atoms with Gasteiger partial charge in [0, 0.05) is 42.4 Å². The van der Waals surface area contributed by atoms with E-state index in [0.717, 1.165) is 24.1 Å². The van der Waals surface area contributed by atoms with E-state index >= 15 is 0 Å². The minimum absolute atomic E-state index is 0.270. The highest BCUT2D eigenvalue weighted by Gasteiger charge is 2.31. The highest BCUT2D eigenvalue weighted by molar-refractivity contribution is 9.10. The first-order valence-electron chi connectivity index (χ1n) is 6.82. The lowest BCUT2D eigenvalue weighted by atomic mass is 9.92. The van der Waals surface area contributed by atoms with Crippen LogP contribution >= 0.6 is 15.9 Å². The Balaban J connectivity index is 2.25. The second kappa shape index (κ2) is 5.81. The van der Waals surface area contributed by atoms with Gasteiger partial charge in [0.25, 0.3) is 0 Å².